The van der Waals surface area contributed by atoms with E-state index in [1.54, 1.807) is 11.4 Å². The van der Waals surface area contributed by atoms with Gasteiger partial charge in [0.15, 0.2) is 4.21 Å². The first-order valence-corrected chi connectivity index (χ1v) is 9.49. The molecule has 1 aromatic carbocycles. The van der Waals surface area contributed by atoms with E-state index in [0.717, 1.165) is 12.8 Å². The van der Waals surface area contributed by atoms with Gasteiger partial charge in [-0.25, -0.2) is 8.42 Å². The fourth-order valence-electron chi connectivity index (χ4n) is 1.85. The van der Waals surface area contributed by atoms with E-state index in [4.69, 9.17) is 0 Å². The summed E-state index contributed by atoms with van der Waals surface area (Å²) in [5.74, 6) is 0. The number of benzene rings is 1. The van der Waals surface area contributed by atoms with Crippen LogP contribution >= 0.6 is 27.3 Å². The molecule has 0 aliphatic heterocycles. The van der Waals surface area contributed by atoms with Gasteiger partial charge in [-0.15, -0.1) is 11.3 Å². The van der Waals surface area contributed by atoms with E-state index in [-0.39, 0.29) is 0 Å². The summed E-state index contributed by atoms with van der Waals surface area (Å²) in [7, 11) is -3.51. The summed E-state index contributed by atoms with van der Waals surface area (Å²) in [6.07, 6.45) is 1.78. The maximum absolute atomic E-state index is 12.8. The number of sulfonamides is 1. The Hall–Kier alpha value is -0.850. The van der Waals surface area contributed by atoms with Gasteiger partial charge >= 0.3 is 0 Å². The highest BCUT2D eigenvalue weighted by atomic mass is 79.9. The van der Waals surface area contributed by atoms with Crippen molar-refractivity contribution >= 4 is 43.0 Å². The molecule has 0 spiro atoms. The average molecular weight is 374 g/mol. The molecule has 0 unspecified atom stereocenters. The lowest BCUT2D eigenvalue weighted by atomic mass is 10.3. The molecular formula is C14H16BrNO2S2. The van der Waals surface area contributed by atoms with Crippen LogP contribution in [0.3, 0.4) is 0 Å². The lowest BCUT2D eigenvalue weighted by Gasteiger charge is -2.23. The van der Waals surface area contributed by atoms with Crippen LogP contribution in [0.4, 0.5) is 5.69 Å². The van der Waals surface area contributed by atoms with Crippen LogP contribution in [-0.4, -0.2) is 15.0 Å². The zero-order valence-electron chi connectivity index (χ0n) is 11.1. The average Bonchev–Trinajstić information content (AvgIpc) is 2.87. The highest BCUT2D eigenvalue weighted by Crippen LogP contribution is 2.32. The summed E-state index contributed by atoms with van der Waals surface area (Å²) >= 11 is 4.55. The largest absolute Gasteiger partial charge is 0.274 e. The van der Waals surface area contributed by atoms with E-state index < -0.39 is 10.0 Å². The molecule has 0 radical (unpaired) electrons. The predicted molar refractivity (Wildman–Crippen MR) is 87.9 cm³/mol. The van der Waals surface area contributed by atoms with E-state index in [9.17, 15) is 8.42 Å². The summed E-state index contributed by atoms with van der Waals surface area (Å²) in [5.41, 5.74) is 0.709. The van der Waals surface area contributed by atoms with E-state index in [1.807, 2.05) is 30.3 Å². The number of thiophene rings is 1. The second-order valence-corrected chi connectivity index (χ2v) is 8.15. The van der Waals surface area contributed by atoms with Gasteiger partial charge < -0.3 is 0 Å². The van der Waals surface area contributed by atoms with Crippen molar-refractivity contribution in [3.8, 4) is 0 Å². The van der Waals surface area contributed by atoms with Crippen molar-refractivity contribution in [2.75, 3.05) is 10.8 Å². The number of anilines is 1. The molecule has 1 heterocycles. The maximum atomic E-state index is 12.8. The molecule has 0 fully saturated rings. The summed E-state index contributed by atoms with van der Waals surface area (Å²) in [6.45, 7) is 2.55. The van der Waals surface area contributed by atoms with Crippen LogP contribution in [0.2, 0.25) is 0 Å². The second-order valence-electron chi connectivity index (χ2n) is 4.32. The molecule has 6 heteroatoms. The molecule has 0 aliphatic rings. The maximum Gasteiger partial charge on any atom is 0.274 e. The molecule has 0 amide bonds. The minimum absolute atomic E-state index is 0.359. The zero-order chi connectivity index (χ0) is 14.6. The van der Waals surface area contributed by atoms with E-state index >= 15 is 0 Å². The van der Waals surface area contributed by atoms with Crippen LogP contribution in [-0.2, 0) is 10.0 Å². The molecule has 0 aliphatic carbocycles. The summed E-state index contributed by atoms with van der Waals surface area (Å²) in [6, 6.07) is 11.0. The molecule has 0 saturated carbocycles. The van der Waals surface area contributed by atoms with E-state index in [1.165, 1.54) is 15.6 Å². The van der Waals surface area contributed by atoms with Crippen molar-refractivity contribution in [2.24, 2.45) is 0 Å². The fraction of sp³-hybridized carbons (Fsp3) is 0.286. The van der Waals surface area contributed by atoms with Gasteiger partial charge in [0.25, 0.3) is 10.0 Å². The minimum Gasteiger partial charge on any atom is -0.266 e. The third kappa shape index (κ3) is 3.24. The summed E-state index contributed by atoms with van der Waals surface area (Å²) in [5, 5.41) is 1.78. The van der Waals surface area contributed by atoms with E-state index in [2.05, 4.69) is 22.9 Å². The normalized spacial score (nSPS) is 11.5. The van der Waals surface area contributed by atoms with Gasteiger partial charge in [-0.1, -0.05) is 31.5 Å². The Kier molecular flexibility index (Phi) is 5.23. The van der Waals surface area contributed by atoms with Crippen LogP contribution in [0, 0.1) is 0 Å². The highest BCUT2D eigenvalue weighted by molar-refractivity contribution is 9.10. The fourth-order valence-corrected chi connectivity index (χ4v) is 5.76. The van der Waals surface area contributed by atoms with Crippen molar-refractivity contribution in [3.05, 3.63) is 46.3 Å². The molecule has 0 bridgehead atoms. The molecule has 1 aromatic heterocycles. The molecule has 108 valence electrons. The first-order chi connectivity index (χ1) is 9.57. The van der Waals surface area contributed by atoms with Crippen LogP contribution in [0.15, 0.2) is 50.5 Å². The highest BCUT2D eigenvalue weighted by Gasteiger charge is 2.27. The third-order valence-electron chi connectivity index (χ3n) is 2.87. The van der Waals surface area contributed by atoms with E-state index in [0.29, 0.717) is 20.9 Å². The van der Waals surface area contributed by atoms with Crippen molar-refractivity contribution in [1.82, 2.24) is 0 Å². The molecular weight excluding hydrogens is 358 g/mol. The molecule has 3 nitrogen and oxygen atoms in total. The Labute approximate surface area is 132 Å². The van der Waals surface area contributed by atoms with Gasteiger partial charge in [0.2, 0.25) is 0 Å². The standard InChI is InChI=1S/C14H16BrNO2S2/c1-2-3-10-16(12-7-5-4-6-8-12)20(17,18)14-13(15)9-11-19-14/h4-9,11H,2-3,10H2,1H3. The van der Waals surface area contributed by atoms with Crippen molar-refractivity contribution < 1.29 is 8.42 Å². The topological polar surface area (TPSA) is 37.4 Å². The number of rotatable bonds is 6. The molecule has 2 rings (SSSR count). The van der Waals surface area contributed by atoms with Gasteiger partial charge in [-0.2, -0.15) is 0 Å². The molecule has 2 aromatic rings. The quantitative estimate of drug-likeness (QED) is 0.746. The van der Waals surface area contributed by atoms with Crippen molar-refractivity contribution in [3.63, 3.8) is 0 Å². The number of unbranched alkanes of at least 4 members (excludes halogenated alkanes) is 1. The minimum atomic E-state index is -3.51. The number of hydrogen-bond donors (Lipinski definition) is 0. The number of nitrogens with zero attached hydrogens (tertiary/aromatic N) is 1. The predicted octanol–water partition coefficient (Wildman–Crippen LogP) is 4.51. The Morgan fingerprint density at radius 1 is 1.20 bits per heavy atom. The first kappa shape index (κ1) is 15.5. The molecule has 0 atom stereocenters. The third-order valence-corrected chi connectivity index (χ3v) is 7.34. The van der Waals surface area contributed by atoms with Crippen molar-refractivity contribution in [1.29, 1.82) is 0 Å². The van der Waals surface area contributed by atoms with Gasteiger partial charge in [0, 0.05) is 11.0 Å². The summed E-state index contributed by atoms with van der Waals surface area (Å²) < 4.78 is 28.1. The Balaban J connectivity index is 2.44. The second kappa shape index (κ2) is 6.74. The Bertz CT molecular complexity index is 653. The number of hydrogen-bond acceptors (Lipinski definition) is 3. The molecule has 20 heavy (non-hydrogen) atoms. The summed E-state index contributed by atoms with van der Waals surface area (Å²) in [4.78, 5) is 0. The SMILES string of the molecule is CCCCN(c1ccccc1)S(=O)(=O)c1sccc1Br. The van der Waals surface area contributed by atoms with Gasteiger partial charge in [0.05, 0.1) is 5.69 Å². The van der Waals surface area contributed by atoms with Crippen LogP contribution in [0.5, 0.6) is 0 Å². The lowest BCUT2D eigenvalue weighted by Crippen LogP contribution is -2.31. The monoisotopic (exact) mass is 373 g/mol. The number of halogens is 1. The Morgan fingerprint density at radius 3 is 2.45 bits per heavy atom. The number of para-hydroxylation sites is 1. The lowest BCUT2D eigenvalue weighted by molar-refractivity contribution is 0.590. The van der Waals surface area contributed by atoms with Gasteiger partial charge in [-0.05, 0) is 45.9 Å². The van der Waals surface area contributed by atoms with Crippen LogP contribution in [0.1, 0.15) is 19.8 Å². The van der Waals surface area contributed by atoms with Gasteiger partial charge in [0.1, 0.15) is 0 Å². The van der Waals surface area contributed by atoms with Crippen molar-refractivity contribution in [2.45, 2.75) is 24.0 Å². The van der Waals surface area contributed by atoms with Crippen LogP contribution in [0.25, 0.3) is 0 Å². The molecule has 0 N–H and O–H groups in total. The van der Waals surface area contributed by atoms with Crippen LogP contribution < -0.4 is 4.31 Å². The smallest absolute Gasteiger partial charge is 0.266 e. The first-order valence-electron chi connectivity index (χ1n) is 6.38. The van der Waals surface area contributed by atoms with Gasteiger partial charge in [-0.3, -0.25) is 4.31 Å². The molecule has 0 saturated heterocycles. The zero-order valence-corrected chi connectivity index (χ0v) is 14.3. The Morgan fingerprint density at radius 2 is 1.90 bits per heavy atom.